The zero-order chi connectivity index (χ0) is 16.8. The third-order valence-electron chi connectivity index (χ3n) is 4.34. The van der Waals surface area contributed by atoms with Crippen LogP contribution in [0, 0.1) is 0 Å². The summed E-state index contributed by atoms with van der Waals surface area (Å²) in [5.74, 6) is -0.319. The molecule has 1 aromatic carbocycles. The molecule has 2 rings (SSSR count). The number of fused-ring (bicyclic) bond motifs is 1. The van der Waals surface area contributed by atoms with Gasteiger partial charge in [0.05, 0.1) is 6.04 Å². The standard InChI is InChI=1S/C18H27N3O2/c1-4-19-18(23)21-17(22)13(3)20-12(2)15-10-9-14-7-5-6-8-16(14)11-15/h9-13,20H,4-8H2,1-3H3,(H2,19,21,22,23)/t12-,13-/m0/s1. The van der Waals surface area contributed by atoms with Crippen molar-refractivity contribution in [3.63, 3.8) is 0 Å². The fraction of sp³-hybridized carbons (Fsp3) is 0.556. The fourth-order valence-corrected chi connectivity index (χ4v) is 2.99. The van der Waals surface area contributed by atoms with Gasteiger partial charge in [0.25, 0.3) is 0 Å². The molecule has 0 aromatic heterocycles. The molecule has 5 heteroatoms. The van der Waals surface area contributed by atoms with Crippen LogP contribution in [0.15, 0.2) is 18.2 Å². The summed E-state index contributed by atoms with van der Waals surface area (Å²) >= 11 is 0. The minimum Gasteiger partial charge on any atom is -0.338 e. The molecule has 0 bridgehead atoms. The van der Waals surface area contributed by atoms with Gasteiger partial charge in [-0.15, -0.1) is 0 Å². The fourth-order valence-electron chi connectivity index (χ4n) is 2.99. The van der Waals surface area contributed by atoms with Gasteiger partial charge in [0.15, 0.2) is 0 Å². The number of rotatable bonds is 5. The van der Waals surface area contributed by atoms with Crippen LogP contribution in [0.2, 0.25) is 0 Å². The van der Waals surface area contributed by atoms with E-state index in [1.54, 1.807) is 6.92 Å². The second-order valence-corrected chi connectivity index (χ2v) is 6.19. The zero-order valence-electron chi connectivity index (χ0n) is 14.2. The molecule has 0 fully saturated rings. The third kappa shape index (κ3) is 4.79. The lowest BCUT2D eigenvalue weighted by Gasteiger charge is -2.22. The Balaban J connectivity index is 1.94. The molecule has 1 aliphatic carbocycles. The van der Waals surface area contributed by atoms with Crippen molar-refractivity contribution < 1.29 is 9.59 Å². The largest absolute Gasteiger partial charge is 0.338 e. The molecule has 3 N–H and O–H groups in total. The van der Waals surface area contributed by atoms with Crippen molar-refractivity contribution in [1.82, 2.24) is 16.0 Å². The van der Waals surface area contributed by atoms with Crippen molar-refractivity contribution >= 4 is 11.9 Å². The molecular formula is C18H27N3O2. The minimum absolute atomic E-state index is 0.0530. The van der Waals surface area contributed by atoms with Crippen LogP contribution in [0.5, 0.6) is 0 Å². The Kier molecular flexibility index (Phi) is 6.16. The van der Waals surface area contributed by atoms with Crippen LogP contribution < -0.4 is 16.0 Å². The van der Waals surface area contributed by atoms with Gasteiger partial charge < -0.3 is 5.32 Å². The molecule has 5 nitrogen and oxygen atoms in total. The number of aryl methyl sites for hydroxylation is 2. The van der Waals surface area contributed by atoms with Gasteiger partial charge in [-0.3, -0.25) is 15.4 Å². The number of imide groups is 1. The second-order valence-electron chi connectivity index (χ2n) is 6.19. The van der Waals surface area contributed by atoms with Crippen molar-refractivity contribution in [2.45, 2.75) is 58.5 Å². The second kappa shape index (κ2) is 8.11. The summed E-state index contributed by atoms with van der Waals surface area (Å²) in [6, 6.07) is 5.76. The minimum atomic E-state index is -0.451. The van der Waals surface area contributed by atoms with Crippen LogP contribution in [0.1, 0.15) is 56.3 Å². The normalized spacial score (nSPS) is 16.1. The van der Waals surface area contributed by atoms with Gasteiger partial charge in [0, 0.05) is 12.6 Å². The Morgan fingerprint density at radius 2 is 1.83 bits per heavy atom. The lowest BCUT2D eigenvalue weighted by molar-refractivity contribution is -0.121. The van der Waals surface area contributed by atoms with E-state index in [0.717, 1.165) is 6.42 Å². The van der Waals surface area contributed by atoms with E-state index in [9.17, 15) is 9.59 Å². The summed E-state index contributed by atoms with van der Waals surface area (Å²) in [7, 11) is 0. The predicted molar refractivity (Wildman–Crippen MR) is 91.3 cm³/mol. The van der Waals surface area contributed by atoms with Crippen molar-refractivity contribution in [2.75, 3.05) is 6.54 Å². The van der Waals surface area contributed by atoms with E-state index < -0.39 is 12.1 Å². The van der Waals surface area contributed by atoms with Crippen LogP contribution in [-0.2, 0) is 17.6 Å². The van der Waals surface area contributed by atoms with Crippen molar-refractivity contribution in [1.29, 1.82) is 0 Å². The van der Waals surface area contributed by atoms with Crippen LogP contribution in [0.4, 0.5) is 4.79 Å². The molecule has 0 heterocycles. The lowest BCUT2D eigenvalue weighted by Crippen LogP contribution is -2.48. The van der Waals surface area contributed by atoms with Crippen molar-refractivity contribution in [2.24, 2.45) is 0 Å². The molecule has 0 unspecified atom stereocenters. The van der Waals surface area contributed by atoms with Crippen molar-refractivity contribution in [3.8, 4) is 0 Å². The summed E-state index contributed by atoms with van der Waals surface area (Å²) < 4.78 is 0. The molecule has 0 spiro atoms. The van der Waals surface area contributed by atoms with Gasteiger partial charge in [-0.2, -0.15) is 0 Å². The highest BCUT2D eigenvalue weighted by Crippen LogP contribution is 2.24. The van der Waals surface area contributed by atoms with Crippen molar-refractivity contribution in [3.05, 3.63) is 34.9 Å². The smallest absolute Gasteiger partial charge is 0.321 e. The summed E-state index contributed by atoms with van der Waals surface area (Å²) in [5, 5.41) is 8.15. The maximum absolute atomic E-state index is 12.0. The van der Waals surface area contributed by atoms with E-state index >= 15 is 0 Å². The molecule has 3 amide bonds. The molecule has 1 aliphatic rings. The summed E-state index contributed by atoms with van der Waals surface area (Å²) in [4.78, 5) is 23.4. The van der Waals surface area contributed by atoms with Gasteiger partial charge in [-0.25, -0.2) is 4.79 Å². The molecule has 0 saturated carbocycles. The van der Waals surface area contributed by atoms with Gasteiger partial charge in [0.2, 0.25) is 5.91 Å². The number of urea groups is 1. The zero-order valence-corrected chi connectivity index (χ0v) is 14.2. The maximum Gasteiger partial charge on any atom is 0.321 e. The van der Waals surface area contributed by atoms with Crippen LogP contribution in [0.25, 0.3) is 0 Å². The quantitative estimate of drug-likeness (QED) is 0.781. The summed E-state index contributed by atoms with van der Waals surface area (Å²) in [6.07, 6.45) is 4.84. The number of carbonyl (C=O) groups excluding carboxylic acids is 2. The van der Waals surface area contributed by atoms with Gasteiger partial charge in [-0.1, -0.05) is 18.2 Å². The molecule has 0 aliphatic heterocycles. The Bertz CT molecular complexity index is 571. The Labute approximate surface area is 138 Å². The first kappa shape index (κ1) is 17.5. The number of amides is 3. The average molecular weight is 317 g/mol. The molecule has 23 heavy (non-hydrogen) atoms. The van der Waals surface area contributed by atoms with E-state index in [1.807, 2.05) is 13.8 Å². The van der Waals surface area contributed by atoms with E-state index in [1.165, 1.54) is 36.0 Å². The topological polar surface area (TPSA) is 70.2 Å². The first-order valence-corrected chi connectivity index (χ1v) is 8.47. The number of carbonyl (C=O) groups is 2. The predicted octanol–water partition coefficient (Wildman–Crippen LogP) is 2.45. The van der Waals surface area contributed by atoms with E-state index in [0.29, 0.717) is 6.54 Å². The van der Waals surface area contributed by atoms with Crippen LogP contribution >= 0.6 is 0 Å². The average Bonchev–Trinajstić information content (AvgIpc) is 2.54. The molecule has 1 aromatic rings. The molecule has 2 atom stereocenters. The molecule has 0 radical (unpaired) electrons. The van der Waals surface area contributed by atoms with Gasteiger partial charge >= 0.3 is 6.03 Å². The van der Waals surface area contributed by atoms with Crippen LogP contribution in [0.3, 0.4) is 0 Å². The van der Waals surface area contributed by atoms with Crippen LogP contribution in [-0.4, -0.2) is 24.5 Å². The van der Waals surface area contributed by atoms with E-state index in [2.05, 4.69) is 34.1 Å². The highest BCUT2D eigenvalue weighted by Gasteiger charge is 2.19. The third-order valence-corrected chi connectivity index (χ3v) is 4.34. The number of hydrogen-bond acceptors (Lipinski definition) is 3. The first-order chi connectivity index (χ1) is 11.0. The Morgan fingerprint density at radius 3 is 2.52 bits per heavy atom. The number of hydrogen-bond donors (Lipinski definition) is 3. The number of benzene rings is 1. The highest BCUT2D eigenvalue weighted by atomic mass is 16.2. The van der Waals surface area contributed by atoms with Gasteiger partial charge in [0.1, 0.15) is 0 Å². The molecular weight excluding hydrogens is 290 g/mol. The lowest BCUT2D eigenvalue weighted by atomic mass is 9.89. The summed E-state index contributed by atoms with van der Waals surface area (Å²) in [5.41, 5.74) is 4.07. The van der Waals surface area contributed by atoms with E-state index in [-0.39, 0.29) is 11.9 Å². The Morgan fingerprint density at radius 1 is 1.13 bits per heavy atom. The van der Waals surface area contributed by atoms with Gasteiger partial charge in [-0.05, 0) is 63.1 Å². The monoisotopic (exact) mass is 317 g/mol. The van der Waals surface area contributed by atoms with E-state index in [4.69, 9.17) is 0 Å². The molecule has 126 valence electrons. The SMILES string of the molecule is CCNC(=O)NC(=O)[C@H](C)N[C@@H](C)c1ccc2c(c1)CCCC2. The highest BCUT2D eigenvalue weighted by molar-refractivity contribution is 5.96. The summed E-state index contributed by atoms with van der Waals surface area (Å²) in [6.45, 7) is 6.11. The maximum atomic E-state index is 12.0. The molecule has 0 saturated heterocycles. The first-order valence-electron chi connectivity index (χ1n) is 8.47. The number of nitrogens with one attached hydrogen (secondary N) is 3. The Hall–Kier alpha value is -1.88.